The van der Waals surface area contributed by atoms with E-state index in [2.05, 4.69) is 24.1 Å². The highest BCUT2D eigenvalue weighted by atomic mass is 15.1. The van der Waals surface area contributed by atoms with Crippen LogP contribution in [0.2, 0.25) is 0 Å². The molecule has 0 aromatic carbocycles. The van der Waals surface area contributed by atoms with Crippen LogP contribution < -0.4 is 0 Å². The maximum atomic E-state index is 8.66. The normalized spacial score (nSPS) is 15.7. The molecule has 0 radical (unpaired) electrons. The van der Waals surface area contributed by atoms with Crippen molar-refractivity contribution in [2.45, 2.75) is 19.8 Å². The molecule has 2 nitrogen and oxygen atoms in total. The zero-order valence-electron chi connectivity index (χ0n) is 7.45. The smallest absolute Gasteiger partial charge is 0.0966 e. The highest BCUT2D eigenvalue weighted by molar-refractivity contribution is 5.30. The van der Waals surface area contributed by atoms with Gasteiger partial charge in [-0.15, -0.1) is 0 Å². The summed E-state index contributed by atoms with van der Waals surface area (Å²) in [6.45, 7) is 4.02. The van der Waals surface area contributed by atoms with Crippen LogP contribution >= 0.6 is 0 Å². The first-order valence-electron chi connectivity index (χ1n) is 4.38. The third kappa shape index (κ3) is 2.43. The fourth-order valence-corrected chi connectivity index (χ4v) is 1.19. The van der Waals surface area contributed by atoms with Gasteiger partial charge in [0, 0.05) is 12.1 Å². The summed E-state index contributed by atoms with van der Waals surface area (Å²) < 4.78 is 0. The van der Waals surface area contributed by atoms with E-state index in [1.54, 1.807) is 0 Å². The van der Waals surface area contributed by atoms with Crippen molar-refractivity contribution in [2.75, 3.05) is 13.1 Å². The lowest BCUT2D eigenvalue weighted by molar-refractivity contribution is 0.395. The lowest BCUT2D eigenvalue weighted by Crippen LogP contribution is -2.22. The van der Waals surface area contributed by atoms with E-state index < -0.39 is 0 Å². The molecule has 2 heteroatoms. The summed E-state index contributed by atoms with van der Waals surface area (Å²) in [6, 6.07) is 2.18. The first-order chi connectivity index (χ1) is 5.86. The molecule has 12 heavy (non-hydrogen) atoms. The molecule has 0 spiro atoms. The van der Waals surface area contributed by atoms with E-state index >= 15 is 0 Å². The molecule has 0 aromatic rings. The number of hydrogen-bond donors (Lipinski definition) is 0. The Labute approximate surface area is 73.8 Å². The Kier molecular flexibility index (Phi) is 3.40. The molecule has 0 N–H and O–H groups in total. The van der Waals surface area contributed by atoms with Gasteiger partial charge in [-0.2, -0.15) is 5.26 Å². The molecular formula is C10H14N2. The maximum absolute atomic E-state index is 8.66. The van der Waals surface area contributed by atoms with Crippen molar-refractivity contribution >= 4 is 0 Å². The van der Waals surface area contributed by atoms with Crippen molar-refractivity contribution in [1.29, 1.82) is 5.26 Å². The molecule has 0 amide bonds. The number of allylic oxidation sites excluding steroid dienone is 2. The van der Waals surface area contributed by atoms with Gasteiger partial charge < -0.3 is 4.90 Å². The summed E-state index contributed by atoms with van der Waals surface area (Å²) >= 11 is 0. The van der Waals surface area contributed by atoms with Gasteiger partial charge in [0.25, 0.3) is 0 Å². The van der Waals surface area contributed by atoms with Crippen molar-refractivity contribution in [3.63, 3.8) is 0 Å². The predicted octanol–water partition coefficient (Wildman–Crippen LogP) is 2.07. The highest BCUT2D eigenvalue weighted by Crippen LogP contribution is 2.07. The Hall–Kier alpha value is -1.23. The third-order valence-corrected chi connectivity index (χ3v) is 1.91. The number of nitrogens with zero attached hydrogens (tertiary/aromatic N) is 2. The molecule has 0 aromatic heterocycles. The molecule has 64 valence electrons. The standard InChI is InChI=1S/C10H14N2/c1-2-3-6-12-7-4-5-10(8-11)9-12/h4-5,7H,2-3,6,9H2,1H3. The molecule has 0 bridgehead atoms. The molecule has 0 fully saturated rings. The minimum atomic E-state index is 0.785. The fraction of sp³-hybridized carbons (Fsp3) is 0.500. The van der Waals surface area contributed by atoms with Gasteiger partial charge in [-0.25, -0.2) is 0 Å². The second kappa shape index (κ2) is 4.61. The maximum Gasteiger partial charge on any atom is 0.0966 e. The van der Waals surface area contributed by atoms with Crippen molar-refractivity contribution in [2.24, 2.45) is 0 Å². The van der Waals surface area contributed by atoms with Gasteiger partial charge in [0.15, 0.2) is 0 Å². The molecule has 0 unspecified atom stereocenters. The van der Waals surface area contributed by atoms with Gasteiger partial charge in [0.2, 0.25) is 0 Å². The minimum absolute atomic E-state index is 0.785. The Morgan fingerprint density at radius 2 is 2.50 bits per heavy atom. The fourth-order valence-electron chi connectivity index (χ4n) is 1.19. The Bertz CT molecular complexity index is 233. The molecule has 1 aliphatic rings. The predicted molar refractivity (Wildman–Crippen MR) is 49.3 cm³/mol. The van der Waals surface area contributed by atoms with Gasteiger partial charge in [-0.3, -0.25) is 0 Å². The SMILES string of the molecule is CCCCN1C=CC=C(C#N)C1. The Morgan fingerprint density at radius 1 is 1.67 bits per heavy atom. The van der Waals surface area contributed by atoms with Crippen LogP contribution in [0.4, 0.5) is 0 Å². The van der Waals surface area contributed by atoms with Crippen LogP contribution in [0.15, 0.2) is 23.9 Å². The number of rotatable bonds is 3. The van der Waals surface area contributed by atoms with E-state index in [9.17, 15) is 0 Å². The van der Waals surface area contributed by atoms with Crippen molar-refractivity contribution in [1.82, 2.24) is 4.90 Å². The summed E-state index contributed by atoms with van der Waals surface area (Å²) in [5, 5.41) is 8.66. The van der Waals surface area contributed by atoms with Crippen LogP contribution in [0.5, 0.6) is 0 Å². The van der Waals surface area contributed by atoms with E-state index in [0.717, 1.165) is 18.7 Å². The second-order valence-electron chi connectivity index (χ2n) is 2.97. The average Bonchev–Trinajstić information content (AvgIpc) is 2.15. The van der Waals surface area contributed by atoms with E-state index in [1.807, 2.05) is 12.2 Å². The molecule has 0 saturated carbocycles. The van der Waals surface area contributed by atoms with E-state index in [-0.39, 0.29) is 0 Å². The van der Waals surface area contributed by atoms with Gasteiger partial charge >= 0.3 is 0 Å². The third-order valence-electron chi connectivity index (χ3n) is 1.91. The van der Waals surface area contributed by atoms with Crippen LogP contribution in [-0.2, 0) is 0 Å². The van der Waals surface area contributed by atoms with Crippen LogP contribution in [0.1, 0.15) is 19.8 Å². The van der Waals surface area contributed by atoms with Crippen LogP contribution in [0.25, 0.3) is 0 Å². The van der Waals surface area contributed by atoms with Crippen LogP contribution in [-0.4, -0.2) is 18.0 Å². The number of nitriles is 1. The Balaban J connectivity index is 2.38. The van der Waals surface area contributed by atoms with E-state index in [4.69, 9.17) is 5.26 Å². The molecular weight excluding hydrogens is 148 g/mol. The van der Waals surface area contributed by atoms with E-state index in [0.29, 0.717) is 0 Å². The highest BCUT2D eigenvalue weighted by Gasteiger charge is 2.04. The van der Waals surface area contributed by atoms with Gasteiger partial charge in [0.05, 0.1) is 12.6 Å². The minimum Gasteiger partial charge on any atom is -0.372 e. The molecule has 1 heterocycles. The summed E-state index contributed by atoms with van der Waals surface area (Å²) in [7, 11) is 0. The Morgan fingerprint density at radius 3 is 3.17 bits per heavy atom. The molecule has 1 rings (SSSR count). The second-order valence-corrected chi connectivity index (χ2v) is 2.97. The number of unbranched alkanes of at least 4 members (excludes halogenated alkanes) is 1. The summed E-state index contributed by atoms with van der Waals surface area (Å²) in [5.41, 5.74) is 0.855. The zero-order chi connectivity index (χ0) is 8.81. The summed E-state index contributed by atoms with van der Waals surface area (Å²) in [6.07, 6.45) is 8.27. The zero-order valence-corrected chi connectivity index (χ0v) is 7.45. The molecule has 0 saturated heterocycles. The van der Waals surface area contributed by atoms with Gasteiger partial charge in [0.1, 0.15) is 0 Å². The average molecular weight is 162 g/mol. The van der Waals surface area contributed by atoms with E-state index in [1.165, 1.54) is 12.8 Å². The van der Waals surface area contributed by atoms with Crippen molar-refractivity contribution in [3.05, 3.63) is 23.9 Å². The monoisotopic (exact) mass is 162 g/mol. The van der Waals surface area contributed by atoms with Crippen molar-refractivity contribution in [3.8, 4) is 6.07 Å². The summed E-state index contributed by atoms with van der Waals surface area (Å²) in [5.74, 6) is 0. The topological polar surface area (TPSA) is 27.0 Å². The molecule has 0 atom stereocenters. The van der Waals surface area contributed by atoms with Gasteiger partial charge in [-0.1, -0.05) is 13.3 Å². The lowest BCUT2D eigenvalue weighted by Gasteiger charge is -2.21. The lowest BCUT2D eigenvalue weighted by atomic mass is 10.2. The molecule has 0 aliphatic carbocycles. The van der Waals surface area contributed by atoms with Crippen LogP contribution in [0, 0.1) is 11.3 Å². The largest absolute Gasteiger partial charge is 0.372 e. The van der Waals surface area contributed by atoms with Crippen molar-refractivity contribution < 1.29 is 0 Å². The molecule has 1 aliphatic heterocycles. The van der Waals surface area contributed by atoms with Gasteiger partial charge in [-0.05, 0) is 24.8 Å². The summed E-state index contributed by atoms with van der Waals surface area (Å²) in [4.78, 5) is 2.18. The number of hydrogen-bond acceptors (Lipinski definition) is 2. The first-order valence-corrected chi connectivity index (χ1v) is 4.38. The first kappa shape index (κ1) is 8.86. The van der Waals surface area contributed by atoms with Crippen LogP contribution in [0.3, 0.4) is 0 Å². The quantitative estimate of drug-likeness (QED) is 0.635.